The molecule has 0 heterocycles. The van der Waals surface area contributed by atoms with Crippen LogP contribution in [0.3, 0.4) is 0 Å². The van der Waals surface area contributed by atoms with E-state index in [1.54, 1.807) is 36.2 Å². The summed E-state index contributed by atoms with van der Waals surface area (Å²) in [6, 6.07) is 20.9. The Bertz CT molecular complexity index is 1040. The summed E-state index contributed by atoms with van der Waals surface area (Å²) >= 11 is 0. The lowest BCUT2D eigenvalue weighted by Crippen LogP contribution is -2.28. The Hall–Kier alpha value is -3.52. The van der Waals surface area contributed by atoms with Gasteiger partial charge in [0.25, 0.3) is 0 Å². The van der Waals surface area contributed by atoms with Gasteiger partial charge < -0.3 is 14.6 Å². The van der Waals surface area contributed by atoms with Gasteiger partial charge in [-0.15, -0.1) is 0 Å². The summed E-state index contributed by atoms with van der Waals surface area (Å²) < 4.78 is 50.4. The molecule has 3 aromatic rings. The molecule has 0 amide bonds. The fraction of sp³-hybridized carbons (Fsp3) is 0.240. The van der Waals surface area contributed by atoms with Crippen LogP contribution in [0.15, 0.2) is 78.9 Å². The number of hydrogen-bond donors (Lipinski definition) is 1. The van der Waals surface area contributed by atoms with E-state index in [1.807, 2.05) is 30.3 Å². The van der Waals surface area contributed by atoms with Gasteiger partial charge in [0.2, 0.25) is 0 Å². The van der Waals surface area contributed by atoms with Crippen molar-refractivity contribution in [3.63, 3.8) is 0 Å². The average molecular weight is 459 g/mol. The molecular formula is C25H24F3NO4. The van der Waals surface area contributed by atoms with Crippen molar-refractivity contribution in [2.75, 3.05) is 20.1 Å². The van der Waals surface area contributed by atoms with Crippen LogP contribution in [0.25, 0.3) is 0 Å². The third kappa shape index (κ3) is 7.54. The SMILES string of the molecule is CN(CCC(Oc1ccc(Oc2cccc(C(F)(F)F)c2)cc1)c1ccccc1)CC(=O)O. The van der Waals surface area contributed by atoms with E-state index in [-0.39, 0.29) is 18.4 Å². The summed E-state index contributed by atoms with van der Waals surface area (Å²) in [7, 11) is 1.73. The van der Waals surface area contributed by atoms with Gasteiger partial charge in [-0.25, -0.2) is 0 Å². The Morgan fingerprint density at radius 3 is 2.24 bits per heavy atom. The number of benzene rings is 3. The highest BCUT2D eigenvalue weighted by atomic mass is 19.4. The van der Waals surface area contributed by atoms with Crippen molar-refractivity contribution in [2.24, 2.45) is 0 Å². The number of alkyl halides is 3. The van der Waals surface area contributed by atoms with Crippen LogP contribution >= 0.6 is 0 Å². The predicted molar refractivity (Wildman–Crippen MR) is 118 cm³/mol. The van der Waals surface area contributed by atoms with Gasteiger partial charge >= 0.3 is 12.1 Å². The van der Waals surface area contributed by atoms with E-state index < -0.39 is 17.7 Å². The van der Waals surface area contributed by atoms with Crippen molar-refractivity contribution < 1.29 is 32.5 Å². The molecule has 3 aromatic carbocycles. The number of rotatable bonds is 10. The molecule has 1 atom stereocenters. The molecule has 1 unspecified atom stereocenters. The molecule has 1 N–H and O–H groups in total. The first-order valence-corrected chi connectivity index (χ1v) is 10.3. The van der Waals surface area contributed by atoms with Gasteiger partial charge in [-0.2, -0.15) is 13.2 Å². The summed E-state index contributed by atoms with van der Waals surface area (Å²) in [6.07, 6.45) is -4.18. The number of likely N-dealkylation sites (N-methyl/N-ethyl adjacent to an activating group) is 1. The molecule has 8 heteroatoms. The summed E-state index contributed by atoms with van der Waals surface area (Å²) in [5.74, 6) is 0.119. The Balaban J connectivity index is 1.68. The highest BCUT2D eigenvalue weighted by Gasteiger charge is 2.30. The standard InChI is InChI=1S/C25H24F3NO4/c1-29(17-24(30)31)15-14-23(18-6-3-2-4-7-18)33-21-12-10-20(11-13-21)32-22-9-5-8-19(16-22)25(26,27)28/h2-13,16,23H,14-15,17H2,1H3,(H,30,31). The highest BCUT2D eigenvalue weighted by Crippen LogP contribution is 2.33. The number of carboxylic acid groups (broad SMARTS) is 1. The van der Waals surface area contributed by atoms with E-state index in [9.17, 15) is 18.0 Å². The number of aliphatic carboxylic acids is 1. The maximum absolute atomic E-state index is 12.9. The first kappa shape index (κ1) is 24.1. The Labute approximate surface area is 190 Å². The Kier molecular flexibility index (Phi) is 7.95. The third-order valence-electron chi connectivity index (χ3n) is 4.85. The van der Waals surface area contributed by atoms with E-state index >= 15 is 0 Å². The molecule has 0 spiro atoms. The van der Waals surface area contributed by atoms with Gasteiger partial charge in [-0.3, -0.25) is 9.69 Å². The lowest BCUT2D eigenvalue weighted by atomic mass is 10.1. The van der Waals surface area contributed by atoms with Crippen LogP contribution in [-0.4, -0.2) is 36.1 Å². The van der Waals surface area contributed by atoms with Crippen LogP contribution in [-0.2, 0) is 11.0 Å². The van der Waals surface area contributed by atoms with Crippen LogP contribution in [0.2, 0.25) is 0 Å². The van der Waals surface area contributed by atoms with Crippen molar-refractivity contribution in [1.82, 2.24) is 4.90 Å². The molecule has 0 aliphatic heterocycles. The quantitative estimate of drug-likeness (QED) is 0.402. The second-order valence-electron chi connectivity index (χ2n) is 7.54. The molecule has 0 aliphatic rings. The molecule has 0 radical (unpaired) electrons. The molecule has 0 aliphatic carbocycles. The number of hydrogen-bond acceptors (Lipinski definition) is 4. The van der Waals surface area contributed by atoms with Crippen LogP contribution in [0.4, 0.5) is 13.2 Å². The zero-order chi connectivity index (χ0) is 23.8. The number of halogens is 3. The number of nitrogens with zero attached hydrogens (tertiary/aromatic N) is 1. The maximum Gasteiger partial charge on any atom is 0.416 e. The van der Waals surface area contributed by atoms with Gasteiger partial charge in [-0.05, 0) is 55.1 Å². The normalized spacial score (nSPS) is 12.4. The third-order valence-corrected chi connectivity index (χ3v) is 4.85. The molecular weight excluding hydrogens is 435 g/mol. The molecule has 0 aromatic heterocycles. The fourth-order valence-corrected chi connectivity index (χ4v) is 3.23. The molecule has 3 rings (SSSR count). The van der Waals surface area contributed by atoms with Gasteiger partial charge in [0.05, 0.1) is 12.1 Å². The Morgan fingerprint density at radius 1 is 0.939 bits per heavy atom. The predicted octanol–water partition coefficient (Wildman–Crippen LogP) is 6.02. The van der Waals surface area contributed by atoms with E-state index in [4.69, 9.17) is 14.6 Å². The topological polar surface area (TPSA) is 59.0 Å². The van der Waals surface area contributed by atoms with E-state index in [1.165, 1.54) is 12.1 Å². The number of carbonyl (C=O) groups is 1. The van der Waals surface area contributed by atoms with Crippen LogP contribution in [0.1, 0.15) is 23.7 Å². The lowest BCUT2D eigenvalue weighted by molar-refractivity contribution is -0.138. The summed E-state index contributed by atoms with van der Waals surface area (Å²) in [5.41, 5.74) is 0.170. The average Bonchev–Trinajstić information content (AvgIpc) is 2.77. The van der Waals surface area contributed by atoms with Crippen molar-refractivity contribution in [1.29, 1.82) is 0 Å². The smallest absolute Gasteiger partial charge is 0.416 e. The van der Waals surface area contributed by atoms with Crippen LogP contribution in [0.5, 0.6) is 17.2 Å². The minimum Gasteiger partial charge on any atom is -0.486 e. The van der Waals surface area contributed by atoms with Gasteiger partial charge in [0, 0.05) is 13.0 Å². The lowest BCUT2D eigenvalue weighted by Gasteiger charge is -2.22. The molecule has 5 nitrogen and oxygen atoms in total. The molecule has 33 heavy (non-hydrogen) atoms. The van der Waals surface area contributed by atoms with Crippen LogP contribution in [0, 0.1) is 0 Å². The van der Waals surface area contributed by atoms with Crippen LogP contribution < -0.4 is 9.47 Å². The van der Waals surface area contributed by atoms with Crippen molar-refractivity contribution in [3.05, 3.63) is 90.0 Å². The molecule has 0 saturated carbocycles. The minimum absolute atomic E-state index is 0.0664. The first-order chi connectivity index (χ1) is 15.7. The van der Waals surface area contributed by atoms with Gasteiger partial charge in [0.15, 0.2) is 0 Å². The largest absolute Gasteiger partial charge is 0.486 e. The van der Waals surface area contributed by atoms with Crippen molar-refractivity contribution in [3.8, 4) is 17.2 Å². The second-order valence-corrected chi connectivity index (χ2v) is 7.54. The molecule has 0 fully saturated rings. The fourth-order valence-electron chi connectivity index (χ4n) is 3.23. The summed E-state index contributed by atoms with van der Waals surface area (Å²) in [4.78, 5) is 12.6. The van der Waals surface area contributed by atoms with E-state index in [0.29, 0.717) is 24.5 Å². The number of ether oxygens (including phenoxy) is 2. The van der Waals surface area contributed by atoms with E-state index in [0.717, 1.165) is 17.7 Å². The van der Waals surface area contributed by atoms with Crippen molar-refractivity contribution >= 4 is 5.97 Å². The zero-order valence-electron chi connectivity index (χ0n) is 18.0. The number of carboxylic acids is 1. The first-order valence-electron chi connectivity index (χ1n) is 10.3. The van der Waals surface area contributed by atoms with E-state index in [2.05, 4.69) is 0 Å². The summed E-state index contributed by atoms with van der Waals surface area (Å²) in [5, 5.41) is 8.95. The maximum atomic E-state index is 12.9. The Morgan fingerprint density at radius 2 is 1.61 bits per heavy atom. The van der Waals surface area contributed by atoms with Gasteiger partial charge in [-0.1, -0.05) is 36.4 Å². The molecule has 0 bridgehead atoms. The minimum atomic E-state index is -4.44. The van der Waals surface area contributed by atoms with Crippen molar-refractivity contribution in [2.45, 2.75) is 18.7 Å². The monoisotopic (exact) mass is 459 g/mol. The molecule has 174 valence electrons. The highest BCUT2D eigenvalue weighted by molar-refractivity contribution is 5.69. The summed E-state index contributed by atoms with van der Waals surface area (Å²) in [6.45, 7) is 0.450. The molecule has 0 saturated heterocycles. The second kappa shape index (κ2) is 10.9. The zero-order valence-corrected chi connectivity index (χ0v) is 18.0. The van der Waals surface area contributed by atoms with Gasteiger partial charge in [0.1, 0.15) is 23.4 Å².